The van der Waals surface area contributed by atoms with Crippen molar-refractivity contribution in [2.24, 2.45) is 11.5 Å². The van der Waals surface area contributed by atoms with E-state index in [0.717, 1.165) is 18.7 Å². The average molecular weight is 567 g/mol. The van der Waals surface area contributed by atoms with Crippen LogP contribution in [0.1, 0.15) is 39.9 Å². The van der Waals surface area contributed by atoms with Crippen molar-refractivity contribution < 1.29 is 45.1 Å². The number of benzene rings is 2. The van der Waals surface area contributed by atoms with Gasteiger partial charge in [-0.15, -0.1) is 0 Å². The zero-order valence-electron chi connectivity index (χ0n) is 21.3. The van der Waals surface area contributed by atoms with Crippen LogP contribution in [0.2, 0.25) is 0 Å². The van der Waals surface area contributed by atoms with Crippen LogP contribution >= 0.6 is 0 Å². The Bertz CT molecular complexity index is 1130. The van der Waals surface area contributed by atoms with Crippen LogP contribution in [0.4, 0.5) is 42.1 Å². The van der Waals surface area contributed by atoms with Crippen LogP contribution in [-0.4, -0.2) is 50.6 Å². The molecule has 2 aromatic rings. The second kappa shape index (κ2) is 13.4. The third-order valence-electron chi connectivity index (χ3n) is 5.47. The number of primary amides is 1. The van der Waals surface area contributed by atoms with Gasteiger partial charge in [-0.1, -0.05) is 18.2 Å². The summed E-state index contributed by atoms with van der Waals surface area (Å²) < 4.78 is 94.2. The third-order valence-corrected chi connectivity index (χ3v) is 5.47. The number of hydrogen-bond acceptors (Lipinski definition) is 5. The molecule has 0 saturated heterocycles. The number of aldehydes is 1. The zero-order valence-corrected chi connectivity index (χ0v) is 21.3. The number of nitrogens with one attached hydrogen (secondary N) is 1. The first-order valence-corrected chi connectivity index (χ1v) is 11.4. The van der Waals surface area contributed by atoms with Gasteiger partial charge < -0.3 is 26.5 Å². The van der Waals surface area contributed by atoms with E-state index in [4.69, 9.17) is 5.73 Å². The molecule has 39 heavy (non-hydrogen) atoms. The first kappa shape index (κ1) is 33.3. The predicted molar refractivity (Wildman–Crippen MR) is 132 cm³/mol. The highest BCUT2D eigenvalue weighted by Gasteiger charge is 2.73. The fraction of sp³-hybridized carbons (Fsp3) is 0.400. The molecule has 0 unspecified atom stereocenters. The Labute approximate surface area is 220 Å². The van der Waals surface area contributed by atoms with Crippen LogP contribution in [0, 0.1) is 13.8 Å². The summed E-state index contributed by atoms with van der Waals surface area (Å²) in [6.07, 6.45) is -12.3. The standard InChI is InChI=1S/C24H24F7N3O3.CH5N/c1-14-11-17(22(25,23(26,27)28)24(29,30)31)12-15(2)20(14)34(9-4-10-35)21(37)16-5-3-6-18(13-16)33-8-7-19(32)36;1-2/h3,5-6,10-13,33H,4,7-9H2,1-2H3,(H2,32,36);2H2,1H3. The van der Waals surface area contributed by atoms with E-state index in [9.17, 15) is 45.1 Å². The largest absolute Gasteiger partial charge is 0.435 e. The molecule has 0 aromatic heterocycles. The first-order chi connectivity index (χ1) is 18.0. The lowest BCUT2D eigenvalue weighted by molar-refractivity contribution is -0.348. The fourth-order valence-electron chi connectivity index (χ4n) is 3.81. The summed E-state index contributed by atoms with van der Waals surface area (Å²) >= 11 is 0. The van der Waals surface area contributed by atoms with Crippen molar-refractivity contribution >= 4 is 29.5 Å². The SMILES string of the molecule is CN.Cc1cc(C(F)(C(F)(F)F)C(F)(F)F)cc(C)c1N(CCC=O)C(=O)c1cccc(NCCC(N)=O)c1. The predicted octanol–water partition coefficient (Wildman–Crippen LogP) is 4.69. The number of nitrogens with zero attached hydrogens (tertiary/aromatic N) is 1. The Balaban J connectivity index is 0.00000371. The van der Waals surface area contributed by atoms with E-state index in [1.807, 2.05) is 0 Å². The number of carbonyl (C=O) groups is 3. The Morgan fingerprint density at radius 3 is 1.95 bits per heavy atom. The topological polar surface area (TPSA) is 119 Å². The lowest BCUT2D eigenvalue weighted by Gasteiger charge is -2.32. The van der Waals surface area contributed by atoms with Gasteiger partial charge in [0.1, 0.15) is 6.29 Å². The van der Waals surface area contributed by atoms with E-state index < -0.39 is 35.4 Å². The molecule has 0 aliphatic heterocycles. The van der Waals surface area contributed by atoms with Crippen LogP contribution in [-0.2, 0) is 15.3 Å². The summed E-state index contributed by atoms with van der Waals surface area (Å²) in [5.74, 6) is -1.26. The number of aryl methyl sites for hydroxylation is 2. The Kier molecular flexibility index (Phi) is 11.5. The molecule has 0 atom stereocenters. The molecule has 0 aliphatic carbocycles. The highest BCUT2D eigenvalue weighted by molar-refractivity contribution is 6.07. The van der Waals surface area contributed by atoms with Gasteiger partial charge in [0, 0.05) is 48.4 Å². The number of anilines is 2. The quantitative estimate of drug-likeness (QED) is 0.285. The molecule has 216 valence electrons. The third kappa shape index (κ3) is 7.68. The minimum absolute atomic E-state index is 0.0142. The van der Waals surface area contributed by atoms with Crippen LogP contribution in [0.3, 0.4) is 0 Å². The Hall–Kier alpha value is -3.68. The van der Waals surface area contributed by atoms with Crippen LogP contribution in [0.15, 0.2) is 36.4 Å². The number of amides is 2. The van der Waals surface area contributed by atoms with Crippen molar-refractivity contribution in [1.29, 1.82) is 0 Å². The fourth-order valence-corrected chi connectivity index (χ4v) is 3.81. The molecule has 2 amide bonds. The minimum atomic E-state index is -6.29. The molecule has 0 bridgehead atoms. The monoisotopic (exact) mass is 566 g/mol. The van der Waals surface area contributed by atoms with Crippen molar-refractivity contribution in [3.8, 4) is 0 Å². The summed E-state index contributed by atoms with van der Waals surface area (Å²) in [5.41, 5.74) is 2.26. The second-order valence-corrected chi connectivity index (χ2v) is 8.25. The van der Waals surface area contributed by atoms with Gasteiger partial charge in [0.05, 0.1) is 0 Å². The van der Waals surface area contributed by atoms with Crippen molar-refractivity contribution in [3.05, 3.63) is 58.7 Å². The van der Waals surface area contributed by atoms with Gasteiger partial charge in [0.25, 0.3) is 5.91 Å². The van der Waals surface area contributed by atoms with E-state index >= 15 is 0 Å². The second-order valence-electron chi connectivity index (χ2n) is 8.25. The molecule has 0 fully saturated rings. The number of rotatable bonds is 10. The summed E-state index contributed by atoms with van der Waals surface area (Å²) in [7, 11) is 1.50. The van der Waals surface area contributed by atoms with Crippen LogP contribution in [0.5, 0.6) is 0 Å². The maximum atomic E-state index is 14.6. The maximum absolute atomic E-state index is 14.6. The molecule has 0 radical (unpaired) electrons. The minimum Gasteiger partial charge on any atom is -0.385 e. The molecular weight excluding hydrogens is 537 g/mol. The molecule has 0 heterocycles. The van der Waals surface area contributed by atoms with E-state index in [0.29, 0.717) is 24.1 Å². The Morgan fingerprint density at radius 2 is 1.49 bits per heavy atom. The number of alkyl halides is 7. The van der Waals surface area contributed by atoms with E-state index in [2.05, 4.69) is 11.1 Å². The van der Waals surface area contributed by atoms with Crippen LogP contribution in [0.25, 0.3) is 0 Å². The van der Waals surface area contributed by atoms with E-state index in [1.165, 1.54) is 25.2 Å². The van der Waals surface area contributed by atoms with Crippen molar-refractivity contribution in [3.63, 3.8) is 0 Å². The van der Waals surface area contributed by atoms with E-state index in [-0.39, 0.29) is 48.3 Å². The smallest absolute Gasteiger partial charge is 0.385 e. The number of hydrogen-bond donors (Lipinski definition) is 3. The molecule has 5 N–H and O–H groups in total. The highest BCUT2D eigenvalue weighted by atomic mass is 19.4. The average Bonchev–Trinajstić information content (AvgIpc) is 2.84. The molecule has 0 spiro atoms. The highest BCUT2D eigenvalue weighted by Crippen LogP contribution is 2.54. The van der Waals surface area contributed by atoms with Gasteiger partial charge >= 0.3 is 18.0 Å². The molecule has 2 aromatic carbocycles. The number of halogens is 7. The van der Waals surface area contributed by atoms with Gasteiger partial charge in [-0.05, 0) is 50.2 Å². The summed E-state index contributed by atoms with van der Waals surface area (Å²) in [5, 5.41) is 2.89. The summed E-state index contributed by atoms with van der Waals surface area (Å²) in [6, 6.07) is 6.71. The van der Waals surface area contributed by atoms with E-state index in [1.54, 1.807) is 6.07 Å². The van der Waals surface area contributed by atoms with Gasteiger partial charge in [-0.25, -0.2) is 4.39 Å². The van der Waals surface area contributed by atoms with Crippen LogP contribution < -0.4 is 21.7 Å². The lowest BCUT2D eigenvalue weighted by Crippen LogP contribution is -2.50. The lowest BCUT2D eigenvalue weighted by atomic mass is 9.90. The van der Waals surface area contributed by atoms with Crippen molar-refractivity contribution in [1.82, 2.24) is 0 Å². The normalized spacial score (nSPS) is 11.8. The van der Waals surface area contributed by atoms with Gasteiger partial charge in [0.15, 0.2) is 0 Å². The molecule has 2 rings (SSSR count). The van der Waals surface area contributed by atoms with Gasteiger partial charge in [0.2, 0.25) is 5.91 Å². The molecule has 7 nitrogen and oxygen atoms in total. The zero-order chi connectivity index (χ0) is 30.2. The maximum Gasteiger partial charge on any atom is 0.435 e. The first-order valence-electron chi connectivity index (χ1n) is 11.4. The summed E-state index contributed by atoms with van der Waals surface area (Å²) in [4.78, 5) is 36.3. The number of carbonyl (C=O) groups excluding carboxylic acids is 3. The molecule has 0 aliphatic rings. The van der Waals surface area contributed by atoms with Gasteiger partial charge in [-0.3, -0.25) is 9.59 Å². The number of nitrogens with two attached hydrogens (primary N) is 2. The summed E-state index contributed by atoms with van der Waals surface area (Å²) in [6.45, 7) is 2.21. The van der Waals surface area contributed by atoms with Gasteiger partial charge in [-0.2, -0.15) is 26.3 Å². The Morgan fingerprint density at radius 1 is 0.949 bits per heavy atom. The van der Waals surface area contributed by atoms with Crippen molar-refractivity contribution in [2.45, 2.75) is 44.7 Å². The molecule has 14 heteroatoms. The molecule has 0 saturated carbocycles. The molecular formula is C25H29F7N4O3. The van der Waals surface area contributed by atoms with Crippen molar-refractivity contribution in [2.75, 3.05) is 30.4 Å².